The monoisotopic (exact) mass is 903 g/mol. The number of nitrogens with zero attached hydrogens (tertiary/aromatic N) is 4. The highest BCUT2D eigenvalue weighted by molar-refractivity contribution is 4.65. The summed E-state index contributed by atoms with van der Waals surface area (Å²) in [6.07, 6.45) is 55.1. The lowest BCUT2D eigenvalue weighted by atomic mass is 10.0. The van der Waals surface area contributed by atoms with Gasteiger partial charge in [0.25, 0.3) is 0 Å². The first-order valence-corrected chi connectivity index (χ1v) is 30.8. The largest absolute Gasteiger partial charge is 0.323 e. The fraction of sp³-hybridized carbons (Fsp3) is 1.00. The van der Waals surface area contributed by atoms with Crippen LogP contribution in [0.5, 0.6) is 0 Å². The first-order chi connectivity index (χ1) is 31.4. The van der Waals surface area contributed by atoms with Crippen molar-refractivity contribution >= 4 is 0 Å². The zero-order valence-electron chi connectivity index (χ0n) is 46.0. The van der Waals surface area contributed by atoms with Crippen molar-refractivity contribution < 1.29 is 17.9 Å². The molecule has 4 heteroatoms. The molecule has 3 rings (SSSR count). The second-order valence-corrected chi connectivity index (χ2v) is 23.3. The van der Waals surface area contributed by atoms with Crippen LogP contribution >= 0.6 is 0 Å². The highest BCUT2D eigenvalue weighted by Crippen LogP contribution is 2.30. The summed E-state index contributed by atoms with van der Waals surface area (Å²) in [7, 11) is 0. The topological polar surface area (TPSA) is 0 Å². The predicted molar refractivity (Wildman–Crippen MR) is 288 cm³/mol. The van der Waals surface area contributed by atoms with Crippen LogP contribution in [-0.4, -0.2) is 123 Å². The van der Waals surface area contributed by atoms with E-state index < -0.39 is 0 Å². The first kappa shape index (κ1) is 60.0. The van der Waals surface area contributed by atoms with Gasteiger partial charge in [-0.3, -0.25) is 0 Å². The molecule has 0 aliphatic carbocycles. The molecule has 3 heterocycles. The van der Waals surface area contributed by atoms with Crippen LogP contribution in [0.25, 0.3) is 0 Å². The van der Waals surface area contributed by atoms with Gasteiger partial charge in [-0.05, 0) is 77.0 Å². The summed E-state index contributed by atoms with van der Waals surface area (Å²) >= 11 is 0. The fourth-order valence-corrected chi connectivity index (χ4v) is 12.8. The average Bonchev–Trinajstić information content (AvgIpc) is 3.31. The minimum atomic E-state index is 1.37. The predicted octanol–water partition coefficient (Wildman–Crippen LogP) is 17.2. The van der Waals surface area contributed by atoms with Crippen LogP contribution < -0.4 is 0 Å². The van der Waals surface area contributed by atoms with Gasteiger partial charge in [0, 0.05) is 12.8 Å². The number of quaternary nitrogens is 4. The Bertz CT molecular complexity index is 810. The van der Waals surface area contributed by atoms with E-state index in [-0.39, 0.29) is 0 Å². The summed E-state index contributed by atoms with van der Waals surface area (Å²) in [5, 5.41) is 0. The molecule has 0 aromatic heterocycles. The molecule has 382 valence electrons. The molecule has 0 spiro atoms. The summed E-state index contributed by atoms with van der Waals surface area (Å²) in [5.74, 6) is 0. The second kappa shape index (κ2) is 39.7. The molecule has 2 bridgehead atoms. The van der Waals surface area contributed by atoms with Crippen molar-refractivity contribution in [2.24, 2.45) is 0 Å². The second-order valence-electron chi connectivity index (χ2n) is 23.3. The zero-order valence-corrected chi connectivity index (χ0v) is 46.0. The van der Waals surface area contributed by atoms with E-state index in [1.54, 1.807) is 0 Å². The van der Waals surface area contributed by atoms with Gasteiger partial charge < -0.3 is 17.9 Å². The van der Waals surface area contributed by atoms with Crippen LogP contribution in [-0.2, 0) is 0 Å². The summed E-state index contributed by atoms with van der Waals surface area (Å²) in [6.45, 7) is 37.9. The molecule has 0 atom stereocenters. The lowest BCUT2D eigenvalue weighted by molar-refractivity contribution is -1.08. The van der Waals surface area contributed by atoms with Crippen molar-refractivity contribution in [1.29, 1.82) is 0 Å². The van der Waals surface area contributed by atoms with Crippen LogP contribution in [0.4, 0.5) is 0 Å². The number of rotatable bonds is 50. The maximum absolute atomic E-state index is 2.37. The van der Waals surface area contributed by atoms with E-state index in [0.717, 1.165) is 0 Å². The van der Waals surface area contributed by atoms with E-state index in [9.17, 15) is 0 Å². The van der Waals surface area contributed by atoms with Crippen LogP contribution in [0.15, 0.2) is 0 Å². The quantitative estimate of drug-likeness (QED) is 0.0422. The highest BCUT2D eigenvalue weighted by Gasteiger charge is 2.49. The Balaban J connectivity index is 2.07. The molecule has 4 nitrogen and oxygen atoms in total. The molecule has 0 saturated carbocycles. The first-order valence-electron chi connectivity index (χ1n) is 30.8. The van der Waals surface area contributed by atoms with E-state index in [4.69, 9.17) is 0 Å². The van der Waals surface area contributed by atoms with Crippen molar-refractivity contribution in [3.63, 3.8) is 0 Å². The van der Waals surface area contributed by atoms with E-state index >= 15 is 0 Å². The molecule has 3 aliphatic heterocycles. The summed E-state index contributed by atoms with van der Waals surface area (Å²) in [6, 6.07) is 0. The van der Waals surface area contributed by atoms with Gasteiger partial charge in [0.15, 0.2) is 0 Å². The average molecular weight is 904 g/mol. The van der Waals surface area contributed by atoms with Crippen molar-refractivity contribution in [2.75, 3.05) is 105 Å². The maximum atomic E-state index is 2.37. The molecule has 0 aromatic rings. The molecule has 64 heavy (non-hydrogen) atoms. The molecule has 0 unspecified atom stereocenters. The zero-order chi connectivity index (χ0) is 46.2. The number of unbranched alkanes of at least 4 members (excludes halogenated alkanes) is 30. The lowest BCUT2D eigenvalue weighted by Gasteiger charge is -2.56. The van der Waals surface area contributed by atoms with Crippen molar-refractivity contribution in [3.05, 3.63) is 0 Å². The molecule has 3 aliphatic rings. The Hall–Kier alpha value is -0.160. The molecule has 0 aromatic carbocycles. The van der Waals surface area contributed by atoms with Gasteiger partial charge in [-0.2, -0.15) is 0 Å². The van der Waals surface area contributed by atoms with Crippen LogP contribution in [0, 0.1) is 0 Å². The Kier molecular flexibility index (Phi) is 37.2. The summed E-state index contributed by atoms with van der Waals surface area (Å²) in [4.78, 5) is 0. The van der Waals surface area contributed by atoms with E-state index in [1.165, 1.54) is 367 Å². The molecule has 0 radical (unpaired) electrons. The van der Waals surface area contributed by atoms with E-state index in [1.807, 2.05) is 0 Å². The van der Waals surface area contributed by atoms with Crippen molar-refractivity contribution in [2.45, 2.75) is 286 Å². The van der Waals surface area contributed by atoms with Gasteiger partial charge in [-0.1, -0.05) is 196 Å². The normalized spacial score (nSPS) is 19.0. The Morgan fingerprint density at radius 3 is 0.547 bits per heavy atom. The number of hydrogen-bond acceptors (Lipinski definition) is 0. The SMILES string of the molecule is CCCCCCCC[N+](CCCCCCCC)(CCCCCCCC)CCC[N+]12CC[N+](CCC[N+](CCCCCCCC)(CCCCCCCC)CCCCCCCC)(CC1)CC2. The van der Waals surface area contributed by atoms with Crippen molar-refractivity contribution in [3.8, 4) is 0 Å². The van der Waals surface area contributed by atoms with Crippen LogP contribution in [0.1, 0.15) is 286 Å². The van der Waals surface area contributed by atoms with Crippen LogP contribution in [0.2, 0.25) is 0 Å². The number of hydrogen-bond donors (Lipinski definition) is 0. The van der Waals surface area contributed by atoms with Gasteiger partial charge in [0.05, 0.1) is 65.4 Å². The summed E-state index contributed by atoms with van der Waals surface area (Å²) in [5.41, 5.74) is 0. The molecular weight excluding hydrogens is 777 g/mol. The highest BCUT2D eigenvalue weighted by atomic mass is 15.5. The minimum Gasteiger partial charge on any atom is -0.323 e. The van der Waals surface area contributed by atoms with Crippen molar-refractivity contribution in [1.82, 2.24) is 0 Å². The lowest BCUT2D eigenvalue weighted by Crippen LogP contribution is -2.75. The molecule has 0 amide bonds. The number of fused-ring (bicyclic) bond motifs is 3. The third-order valence-electron chi connectivity index (χ3n) is 17.6. The molecule has 3 saturated heterocycles. The molecular formula is C60H126N4+4. The maximum Gasteiger partial charge on any atom is 0.129 e. The Labute approximate surface area is 406 Å². The van der Waals surface area contributed by atoms with E-state index in [0.29, 0.717) is 0 Å². The standard InChI is InChI=1S/C60H126N4/c1-7-13-19-25-31-37-45-61(46-38-32-26-20-14-8-2,47-39-33-27-21-15-9-3)51-43-53-63-55-58-64(59-56-63,60-57-63)54-44-52-62(48-40-34-28-22-16-10-4,49-41-35-29-23-17-11-5)50-42-36-30-24-18-12-6/h7-60H2,1-6H3/q+4. The third kappa shape index (κ3) is 27.7. The van der Waals surface area contributed by atoms with Gasteiger partial charge in [0.1, 0.15) is 39.3 Å². The van der Waals surface area contributed by atoms with Gasteiger partial charge in [0.2, 0.25) is 0 Å². The van der Waals surface area contributed by atoms with Gasteiger partial charge in [-0.15, -0.1) is 0 Å². The van der Waals surface area contributed by atoms with E-state index in [2.05, 4.69) is 41.5 Å². The molecule has 3 fully saturated rings. The Morgan fingerprint density at radius 1 is 0.203 bits per heavy atom. The smallest absolute Gasteiger partial charge is 0.129 e. The number of piperazine rings is 3. The Morgan fingerprint density at radius 2 is 0.359 bits per heavy atom. The third-order valence-corrected chi connectivity index (χ3v) is 17.6. The summed E-state index contributed by atoms with van der Waals surface area (Å²) < 4.78 is 5.93. The molecule has 0 N–H and O–H groups in total. The van der Waals surface area contributed by atoms with Gasteiger partial charge in [-0.25, -0.2) is 0 Å². The van der Waals surface area contributed by atoms with Crippen LogP contribution in [0.3, 0.4) is 0 Å². The fourth-order valence-electron chi connectivity index (χ4n) is 12.8. The van der Waals surface area contributed by atoms with Gasteiger partial charge >= 0.3 is 0 Å². The minimum absolute atomic E-state index is 1.37.